The van der Waals surface area contributed by atoms with E-state index in [-0.39, 0.29) is 35.7 Å². The van der Waals surface area contributed by atoms with E-state index in [0.717, 1.165) is 95.9 Å². The lowest BCUT2D eigenvalue weighted by Crippen LogP contribution is -2.53. The van der Waals surface area contributed by atoms with Gasteiger partial charge in [-0.2, -0.15) is 0 Å². The molecule has 3 aliphatic heterocycles. The molecule has 8 rings (SSSR count). The summed E-state index contributed by atoms with van der Waals surface area (Å²) in [6, 6.07) is 13.2. The van der Waals surface area contributed by atoms with Gasteiger partial charge < -0.3 is 44.6 Å². The highest BCUT2D eigenvalue weighted by Crippen LogP contribution is 2.39. The van der Waals surface area contributed by atoms with Crippen LogP contribution in [0.25, 0.3) is 33.6 Å². The molecular formula is C45H56N8O7. The van der Waals surface area contributed by atoms with Gasteiger partial charge in [0.25, 0.3) is 0 Å². The van der Waals surface area contributed by atoms with Crippen LogP contribution in [0.2, 0.25) is 0 Å². The van der Waals surface area contributed by atoms with E-state index in [9.17, 15) is 19.2 Å². The average Bonchev–Trinajstić information content (AvgIpc) is 4.11. The number of carbonyl (C=O) groups is 4. The molecule has 2 aromatic carbocycles. The van der Waals surface area contributed by atoms with Gasteiger partial charge in [-0.05, 0) is 91.9 Å². The van der Waals surface area contributed by atoms with Gasteiger partial charge in [0.05, 0.1) is 43.9 Å². The molecule has 4 N–H and O–H groups in total. The summed E-state index contributed by atoms with van der Waals surface area (Å²) < 4.78 is 15.2. The van der Waals surface area contributed by atoms with Gasteiger partial charge >= 0.3 is 12.2 Å². The SMILES string of the molecule is COC(=O)N[C@H](C(=O)N1CCC[C@H]1c1nc2c([nH]1)CCCc1cc(-c3ccc(-c4cnc([C@@H]5CCCN5C(=O)[C@@H](NC(=O)OC)C5CCOCC5)[nH]4)cc3)ccc1-2)C(C)C. The fourth-order valence-electron chi connectivity index (χ4n) is 9.46. The summed E-state index contributed by atoms with van der Waals surface area (Å²) in [4.78, 5) is 72.9. The highest BCUT2D eigenvalue weighted by molar-refractivity contribution is 5.87. The Labute approximate surface area is 350 Å². The summed E-state index contributed by atoms with van der Waals surface area (Å²) in [5, 5.41) is 5.55. The van der Waals surface area contributed by atoms with Gasteiger partial charge in [-0.3, -0.25) is 9.59 Å². The number of H-pyrrole nitrogens is 2. The summed E-state index contributed by atoms with van der Waals surface area (Å²) in [6.07, 6.45) is 8.05. The molecular weight excluding hydrogens is 765 g/mol. The molecule has 3 fully saturated rings. The molecule has 3 saturated heterocycles. The third-order valence-corrected chi connectivity index (χ3v) is 12.7. The number of nitrogens with zero attached hydrogens (tertiary/aromatic N) is 4. The van der Waals surface area contributed by atoms with E-state index in [2.05, 4.69) is 63.1 Å². The molecule has 60 heavy (non-hydrogen) atoms. The normalized spacial score (nSPS) is 20.2. The Bertz CT molecular complexity index is 2190. The third kappa shape index (κ3) is 8.36. The number of alkyl carbamates (subject to hydrolysis) is 2. The fourth-order valence-corrected chi connectivity index (χ4v) is 9.46. The molecule has 318 valence electrons. The molecule has 0 bridgehead atoms. The number of rotatable bonds is 10. The number of hydrogen-bond acceptors (Lipinski definition) is 9. The second kappa shape index (κ2) is 17.9. The molecule has 1 aliphatic carbocycles. The Balaban J connectivity index is 0.967. The van der Waals surface area contributed by atoms with Crippen molar-refractivity contribution in [3.8, 4) is 33.6 Å². The lowest BCUT2D eigenvalue weighted by atomic mass is 9.90. The first-order valence-electron chi connectivity index (χ1n) is 21.4. The van der Waals surface area contributed by atoms with Crippen LogP contribution in [-0.4, -0.2) is 106 Å². The molecule has 4 aromatic rings. The maximum absolute atomic E-state index is 14.0. The molecule has 5 heterocycles. The van der Waals surface area contributed by atoms with Crippen LogP contribution in [0, 0.1) is 11.8 Å². The van der Waals surface area contributed by atoms with Crippen molar-refractivity contribution in [1.82, 2.24) is 40.4 Å². The van der Waals surface area contributed by atoms with E-state index in [0.29, 0.717) is 39.1 Å². The van der Waals surface area contributed by atoms with Crippen LogP contribution < -0.4 is 10.6 Å². The summed E-state index contributed by atoms with van der Waals surface area (Å²) in [5.74, 6) is 1.17. The maximum Gasteiger partial charge on any atom is 0.407 e. The quantitative estimate of drug-likeness (QED) is 0.139. The standard InChI is InChI=1S/C45H56N8O7/c1-26(2)37(50-44(56)58-3)42(54)53-21-7-11-36(53)41-47-33-9-5-8-31-24-30(16-17-32(31)39(33)49-41)27-12-14-28(15-13-27)34-25-46-40(48-34)35-10-6-20-52(35)43(55)38(51-45(57)59-4)29-18-22-60-23-19-29/h12-17,24-26,29,35-38H,5-11,18-23H2,1-4H3,(H,46,48)(H,47,49)(H,50,56)(H,51,57)/t35-,36-,37-,38-/m0/s1. The molecule has 0 saturated carbocycles. The molecule has 0 radical (unpaired) electrons. The zero-order chi connectivity index (χ0) is 41.9. The van der Waals surface area contributed by atoms with Crippen molar-refractivity contribution in [2.75, 3.05) is 40.5 Å². The van der Waals surface area contributed by atoms with Crippen molar-refractivity contribution in [3.63, 3.8) is 0 Å². The van der Waals surface area contributed by atoms with Gasteiger partial charge in [-0.25, -0.2) is 19.6 Å². The summed E-state index contributed by atoms with van der Waals surface area (Å²) >= 11 is 0. The summed E-state index contributed by atoms with van der Waals surface area (Å²) in [7, 11) is 2.61. The minimum atomic E-state index is -0.684. The van der Waals surface area contributed by atoms with E-state index in [1.165, 1.54) is 19.8 Å². The number of methoxy groups -OCH3 is 2. The van der Waals surface area contributed by atoms with Crippen LogP contribution in [-0.2, 0) is 36.6 Å². The Morgan fingerprint density at radius 1 is 0.767 bits per heavy atom. The molecule has 4 amide bonds. The lowest BCUT2D eigenvalue weighted by Gasteiger charge is -2.34. The first kappa shape index (κ1) is 41.1. The van der Waals surface area contributed by atoms with Gasteiger partial charge in [-0.15, -0.1) is 0 Å². The first-order valence-corrected chi connectivity index (χ1v) is 21.4. The number of carbonyl (C=O) groups excluding carboxylic acids is 4. The van der Waals surface area contributed by atoms with Gasteiger partial charge in [-0.1, -0.05) is 56.3 Å². The topological polar surface area (TPSA) is 184 Å². The Morgan fingerprint density at radius 3 is 2.12 bits per heavy atom. The predicted octanol–water partition coefficient (Wildman–Crippen LogP) is 6.48. The highest BCUT2D eigenvalue weighted by Gasteiger charge is 2.41. The predicted molar refractivity (Wildman–Crippen MR) is 223 cm³/mol. The van der Waals surface area contributed by atoms with Crippen LogP contribution in [0.1, 0.15) is 93.8 Å². The largest absolute Gasteiger partial charge is 0.453 e. The second-order valence-corrected chi connectivity index (χ2v) is 16.7. The van der Waals surface area contributed by atoms with Crippen molar-refractivity contribution in [2.45, 2.75) is 95.8 Å². The number of aromatic nitrogens is 4. The Kier molecular flexibility index (Phi) is 12.2. The Hall–Kier alpha value is -5.70. The van der Waals surface area contributed by atoms with Gasteiger partial charge in [0.15, 0.2) is 0 Å². The number of nitrogens with one attached hydrogen (secondary N) is 4. The van der Waals surface area contributed by atoms with E-state index < -0.39 is 24.3 Å². The number of fused-ring (bicyclic) bond motifs is 3. The number of likely N-dealkylation sites (tertiary alicyclic amines) is 2. The van der Waals surface area contributed by atoms with Crippen molar-refractivity contribution >= 4 is 24.0 Å². The first-order chi connectivity index (χ1) is 29.1. The van der Waals surface area contributed by atoms with E-state index in [1.54, 1.807) is 0 Å². The van der Waals surface area contributed by atoms with Gasteiger partial charge in [0, 0.05) is 37.6 Å². The minimum Gasteiger partial charge on any atom is -0.453 e. The average molecular weight is 821 g/mol. The smallest absolute Gasteiger partial charge is 0.407 e. The van der Waals surface area contributed by atoms with Crippen molar-refractivity contribution in [3.05, 3.63) is 71.6 Å². The number of benzene rings is 2. The second-order valence-electron chi connectivity index (χ2n) is 16.7. The molecule has 4 atom stereocenters. The van der Waals surface area contributed by atoms with E-state index >= 15 is 0 Å². The number of amides is 4. The minimum absolute atomic E-state index is 0.0260. The van der Waals surface area contributed by atoms with Crippen molar-refractivity contribution in [2.24, 2.45) is 11.8 Å². The van der Waals surface area contributed by atoms with Crippen molar-refractivity contribution < 1.29 is 33.4 Å². The lowest BCUT2D eigenvalue weighted by molar-refractivity contribution is -0.137. The summed E-state index contributed by atoms with van der Waals surface area (Å²) in [6.45, 7) is 6.16. The van der Waals surface area contributed by atoms with Crippen LogP contribution in [0.4, 0.5) is 9.59 Å². The highest BCUT2D eigenvalue weighted by atomic mass is 16.5. The number of hydrogen-bond donors (Lipinski definition) is 4. The molecule has 0 spiro atoms. The van der Waals surface area contributed by atoms with Crippen LogP contribution in [0.3, 0.4) is 0 Å². The van der Waals surface area contributed by atoms with E-state index in [1.807, 2.05) is 29.8 Å². The number of aromatic amines is 2. The van der Waals surface area contributed by atoms with Crippen LogP contribution >= 0.6 is 0 Å². The fraction of sp³-hybridized carbons (Fsp3) is 0.511. The molecule has 15 nitrogen and oxygen atoms in total. The molecule has 2 aromatic heterocycles. The van der Waals surface area contributed by atoms with Crippen LogP contribution in [0.15, 0.2) is 48.7 Å². The third-order valence-electron chi connectivity index (χ3n) is 12.7. The zero-order valence-electron chi connectivity index (χ0n) is 34.9. The van der Waals surface area contributed by atoms with Crippen LogP contribution in [0.5, 0.6) is 0 Å². The van der Waals surface area contributed by atoms with Gasteiger partial charge in [0.1, 0.15) is 23.7 Å². The number of imidazole rings is 2. The number of ether oxygens (including phenoxy) is 3. The number of aryl methyl sites for hydroxylation is 2. The van der Waals surface area contributed by atoms with E-state index in [4.69, 9.17) is 24.2 Å². The van der Waals surface area contributed by atoms with Gasteiger partial charge in [0.2, 0.25) is 11.8 Å². The van der Waals surface area contributed by atoms with Crippen molar-refractivity contribution in [1.29, 1.82) is 0 Å². The Morgan fingerprint density at radius 2 is 1.42 bits per heavy atom. The molecule has 15 heteroatoms. The molecule has 0 unspecified atom stereocenters. The monoisotopic (exact) mass is 820 g/mol. The summed E-state index contributed by atoms with van der Waals surface area (Å²) in [5.41, 5.74) is 8.47. The zero-order valence-corrected chi connectivity index (χ0v) is 34.9. The molecule has 4 aliphatic rings. The maximum atomic E-state index is 14.0.